The lowest BCUT2D eigenvalue weighted by molar-refractivity contribution is -0.121. The number of likely N-dealkylation sites (tertiary alicyclic amines) is 1. The fourth-order valence-electron chi connectivity index (χ4n) is 3.83. The molecule has 3 aromatic carbocycles. The number of halogens is 2. The lowest BCUT2D eigenvalue weighted by Gasteiger charge is -2.32. The van der Waals surface area contributed by atoms with Gasteiger partial charge in [0.05, 0.1) is 5.92 Å². The van der Waals surface area contributed by atoms with Crippen molar-refractivity contribution in [3.63, 3.8) is 0 Å². The van der Waals surface area contributed by atoms with Crippen LogP contribution in [0.4, 0.5) is 10.1 Å². The van der Waals surface area contributed by atoms with Gasteiger partial charge in [0.1, 0.15) is 5.82 Å². The molecule has 3 aromatic rings. The number of rotatable bonds is 4. The predicted molar refractivity (Wildman–Crippen MR) is 112 cm³/mol. The first kappa shape index (κ1) is 18.9. The molecule has 0 aliphatic carbocycles. The summed E-state index contributed by atoms with van der Waals surface area (Å²) in [6.45, 7) is 1.86. The van der Waals surface area contributed by atoms with Crippen molar-refractivity contribution in [1.29, 1.82) is 0 Å². The fraction of sp³-hybridized carbons (Fsp3) is 0.261. The Morgan fingerprint density at radius 2 is 1.93 bits per heavy atom. The first-order valence-corrected chi connectivity index (χ1v) is 9.93. The van der Waals surface area contributed by atoms with Crippen LogP contribution in [0.25, 0.3) is 10.8 Å². The summed E-state index contributed by atoms with van der Waals surface area (Å²) in [6.07, 6.45) is 1.74. The maximum absolute atomic E-state index is 14.1. The molecule has 0 radical (unpaired) electrons. The third kappa shape index (κ3) is 4.18. The minimum Gasteiger partial charge on any atom is -0.326 e. The molecule has 0 spiro atoms. The molecule has 1 aliphatic rings. The number of piperidine rings is 1. The Morgan fingerprint density at radius 3 is 2.75 bits per heavy atom. The summed E-state index contributed by atoms with van der Waals surface area (Å²) in [5.74, 6) is -0.402. The summed E-state index contributed by atoms with van der Waals surface area (Å²) in [4.78, 5) is 14.9. The number of anilines is 1. The Labute approximate surface area is 169 Å². The van der Waals surface area contributed by atoms with Crippen LogP contribution in [0, 0.1) is 11.7 Å². The van der Waals surface area contributed by atoms with E-state index in [-0.39, 0.29) is 17.6 Å². The second kappa shape index (κ2) is 8.29. The number of benzene rings is 3. The van der Waals surface area contributed by atoms with Crippen molar-refractivity contribution in [2.75, 3.05) is 18.4 Å². The highest BCUT2D eigenvalue weighted by Gasteiger charge is 2.26. The van der Waals surface area contributed by atoms with Gasteiger partial charge >= 0.3 is 0 Å². The van der Waals surface area contributed by atoms with E-state index in [2.05, 4.69) is 10.2 Å². The lowest BCUT2D eigenvalue weighted by Crippen LogP contribution is -2.40. The van der Waals surface area contributed by atoms with Crippen molar-refractivity contribution in [2.45, 2.75) is 19.4 Å². The molecule has 28 heavy (non-hydrogen) atoms. The van der Waals surface area contributed by atoms with Crippen LogP contribution in [-0.4, -0.2) is 23.9 Å². The molecule has 0 bridgehead atoms. The van der Waals surface area contributed by atoms with E-state index in [9.17, 15) is 9.18 Å². The summed E-state index contributed by atoms with van der Waals surface area (Å²) >= 11 is 6.16. The molecule has 0 saturated carbocycles. The number of amides is 1. The van der Waals surface area contributed by atoms with E-state index in [0.717, 1.165) is 35.8 Å². The molecule has 144 valence electrons. The van der Waals surface area contributed by atoms with E-state index < -0.39 is 0 Å². The van der Waals surface area contributed by atoms with Gasteiger partial charge in [0, 0.05) is 29.4 Å². The highest BCUT2D eigenvalue weighted by molar-refractivity contribution is 6.31. The predicted octanol–water partition coefficient (Wildman–Crippen LogP) is 5.48. The molecule has 4 rings (SSSR count). The van der Waals surface area contributed by atoms with Gasteiger partial charge in [-0.2, -0.15) is 0 Å². The van der Waals surface area contributed by atoms with E-state index in [1.807, 2.05) is 42.5 Å². The van der Waals surface area contributed by atoms with Gasteiger partial charge in [-0.15, -0.1) is 0 Å². The van der Waals surface area contributed by atoms with Crippen molar-refractivity contribution in [1.82, 2.24) is 4.90 Å². The quantitative estimate of drug-likeness (QED) is 0.633. The molecule has 1 aliphatic heterocycles. The topological polar surface area (TPSA) is 32.3 Å². The van der Waals surface area contributed by atoms with Crippen LogP contribution in [0.3, 0.4) is 0 Å². The molecule has 1 saturated heterocycles. The number of carbonyl (C=O) groups is 1. The van der Waals surface area contributed by atoms with Crippen LogP contribution in [0.2, 0.25) is 5.02 Å². The van der Waals surface area contributed by atoms with Gasteiger partial charge < -0.3 is 5.32 Å². The Bertz CT molecular complexity index is 987. The van der Waals surface area contributed by atoms with E-state index in [0.29, 0.717) is 23.7 Å². The van der Waals surface area contributed by atoms with Crippen LogP contribution in [0.1, 0.15) is 18.4 Å². The van der Waals surface area contributed by atoms with E-state index in [1.54, 1.807) is 12.1 Å². The highest BCUT2D eigenvalue weighted by Crippen LogP contribution is 2.25. The van der Waals surface area contributed by atoms with E-state index in [4.69, 9.17) is 11.6 Å². The van der Waals surface area contributed by atoms with E-state index >= 15 is 0 Å². The fourth-order valence-corrected chi connectivity index (χ4v) is 4.05. The number of carbonyl (C=O) groups excluding carboxylic acids is 1. The van der Waals surface area contributed by atoms with Gasteiger partial charge in [-0.25, -0.2) is 4.39 Å². The van der Waals surface area contributed by atoms with Crippen molar-refractivity contribution in [3.8, 4) is 0 Å². The maximum Gasteiger partial charge on any atom is 0.228 e. The average Bonchev–Trinajstić information content (AvgIpc) is 2.71. The van der Waals surface area contributed by atoms with Gasteiger partial charge in [-0.1, -0.05) is 48.0 Å². The molecule has 5 heteroatoms. The first-order valence-electron chi connectivity index (χ1n) is 9.55. The second-order valence-corrected chi connectivity index (χ2v) is 7.73. The highest BCUT2D eigenvalue weighted by atomic mass is 35.5. The molecule has 1 heterocycles. The summed E-state index contributed by atoms with van der Waals surface area (Å²) in [6, 6.07) is 18.7. The number of nitrogens with one attached hydrogen (secondary N) is 1. The zero-order valence-electron chi connectivity index (χ0n) is 15.5. The smallest absolute Gasteiger partial charge is 0.228 e. The summed E-state index contributed by atoms with van der Waals surface area (Å²) < 4.78 is 14.1. The Balaban J connectivity index is 1.42. The molecule has 1 unspecified atom stereocenters. The minimum atomic E-state index is -0.296. The molecule has 1 amide bonds. The van der Waals surface area contributed by atoms with Crippen molar-refractivity contribution < 1.29 is 9.18 Å². The second-order valence-electron chi connectivity index (χ2n) is 7.33. The number of nitrogens with zero attached hydrogens (tertiary/aromatic N) is 1. The number of hydrogen-bond donors (Lipinski definition) is 1. The van der Waals surface area contributed by atoms with Crippen molar-refractivity contribution >= 4 is 34.0 Å². The van der Waals surface area contributed by atoms with Crippen molar-refractivity contribution in [2.24, 2.45) is 5.92 Å². The molecule has 3 nitrogen and oxygen atoms in total. The van der Waals surface area contributed by atoms with Crippen LogP contribution in [0.15, 0.2) is 60.7 Å². The van der Waals surface area contributed by atoms with Gasteiger partial charge in [0.2, 0.25) is 5.91 Å². The monoisotopic (exact) mass is 396 g/mol. The third-order valence-corrected chi connectivity index (χ3v) is 5.69. The molecule has 0 aromatic heterocycles. The summed E-state index contributed by atoms with van der Waals surface area (Å²) in [5.41, 5.74) is 1.30. The van der Waals surface area contributed by atoms with Gasteiger partial charge in [-0.05, 0) is 54.4 Å². The minimum absolute atomic E-state index is 0.0135. The maximum atomic E-state index is 14.1. The van der Waals surface area contributed by atoms with Crippen molar-refractivity contribution in [3.05, 3.63) is 77.1 Å². The van der Waals surface area contributed by atoms with Crippen LogP contribution in [-0.2, 0) is 11.3 Å². The SMILES string of the molecule is O=C(Nc1ccc2ccccc2c1)C1CCCN(Cc2c(F)cccc2Cl)C1. The normalized spacial score (nSPS) is 17.6. The van der Waals surface area contributed by atoms with E-state index in [1.165, 1.54) is 6.07 Å². The Kier molecular flexibility index (Phi) is 5.60. The summed E-state index contributed by atoms with van der Waals surface area (Å²) in [7, 11) is 0. The molecular weight excluding hydrogens is 375 g/mol. The van der Waals surface area contributed by atoms with Gasteiger partial charge in [-0.3, -0.25) is 9.69 Å². The first-order chi connectivity index (χ1) is 13.6. The molecule has 1 atom stereocenters. The molecule has 1 N–H and O–H groups in total. The standard InChI is InChI=1S/C23H22ClFN2O/c24-21-8-3-9-22(25)20(21)15-27-12-4-7-18(14-27)23(28)26-19-11-10-16-5-1-2-6-17(16)13-19/h1-3,5-6,8-11,13,18H,4,7,12,14-15H2,(H,26,28). The van der Waals surface area contributed by atoms with Gasteiger partial charge in [0.25, 0.3) is 0 Å². The lowest BCUT2D eigenvalue weighted by atomic mass is 9.96. The Hall–Kier alpha value is -2.43. The zero-order valence-corrected chi connectivity index (χ0v) is 16.3. The van der Waals surface area contributed by atoms with Crippen LogP contribution in [0.5, 0.6) is 0 Å². The molecule has 1 fully saturated rings. The van der Waals surface area contributed by atoms with Gasteiger partial charge in [0.15, 0.2) is 0 Å². The zero-order chi connectivity index (χ0) is 19.5. The van der Waals surface area contributed by atoms with Crippen LogP contribution >= 0.6 is 11.6 Å². The third-order valence-electron chi connectivity index (χ3n) is 5.34. The molecular formula is C23H22ClFN2O. The summed E-state index contributed by atoms with van der Waals surface area (Å²) in [5, 5.41) is 5.72. The number of hydrogen-bond acceptors (Lipinski definition) is 2. The van der Waals surface area contributed by atoms with Crippen LogP contribution < -0.4 is 5.32 Å². The Morgan fingerprint density at radius 1 is 1.11 bits per heavy atom. The average molecular weight is 397 g/mol. The largest absolute Gasteiger partial charge is 0.326 e. The number of fused-ring (bicyclic) bond motifs is 1.